The van der Waals surface area contributed by atoms with Gasteiger partial charge in [-0.15, -0.1) is 0 Å². The molecule has 0 aliphatic heterocycles. The number of nitrogens with two attached hydrogens (primary N) is 1. The largest absolute Gasteiger partial charge is 0.327 e. The van der Waals surface area contributed by atoms with Crippen molar-refractivity contribution in [2.45, 2.75) is 83.6 Å². The van der Waals surface area contributed by atoms with E-state index in [0.29, 0.717) is 6.04 Å². The highest BCUT2D eigenvalue weighted by molar-refractivity contribution is 4.84. The Labute approximate surface area is 108 Å². The minimum atomic E-state index is 0.519. The van der Waals surface area contributed by atoms with E-state index in [0.717, 1.165) is 17.8 Å². The molecule has 100 valence electrons. The SMILES string of the molecule is CCCC1CCC(N)C(CC2CCCCC2)C1. The standard InChI is InChI=1S/C16H31N/c1-2-6-13-9-10-16(17)15(11-13)12-14-7-4-3-5-8-14/h13-16H,2-12,17H2,1H3. The maximum atomic E-state index is 6.35. The summed E-state index contributed by atoms with van der Waals surface area (Å²) in [6, 6.07) is 0.519. The zero-order valence-corrected chi connectivity index (χ0v) is 11.7. The van der Waals surface area contributed by atoms with Gasteiger partial charge in [-0.2, -0.15) is 0 Å². The summed E-state index contributed by atoms with van der Waals surface area (Å²) < 4.78 is 0. The Morgan fingerprint density at radius 3 is 2.41 bits per heavy atom. The minimum absolute atomic E-state index is 0.519. The second-order valence-electron chi connectivity index (χ2n) is 6.63. The second kappa shape index (κ2) is 6.78. The Morgan fingerprint density at radius 1 is 0.941 bits per heavy atom. The summed E-state index contributed by atoms with van der Waals surface area (Å²) in [5, 5.41) is 0. The Hall–Kier alpha value is -0.0400. The van der Waals surface area contributed by atoms with Crippen LogP contribution in [0.5, 0.6) is 0 Å². The van der Waals surface area contributed by atoms with Gasteiger partial charge in [0, 0.05) is 6.04 Å². The Kier molecular flexibility index (Phi) is 5.34. The van der Waals surface area contributed by atoms with E-state index < -0.39 is 0 Å². The molecule has 2 aliphatic carbocycles. The molecule has 0 bridgehead atoms. The second-order valence-corrected chi connectivity index (χ2v) is 6.63. The van der Waals surface area contributed by atoms with E-state index in [9.17, 15) is 0 Å². The van der Waals surface area contributed by atoms with Crippen molar-refractivity contribution >= 4 is 0 Å². The molecule has 0 spiro atoms. The third-order valence-corrected chi connectivity index (χ3v) is 5.21. The molecule has 0 heterocycles. The van der Waals surface area contributed by atoms with Crippen molar-refractivity contribution in [1.82, 2.24) is 0 Å². The van der Waals surface area contributed by atoms with Gasteiger partial charge in [-0.1, -0.05) is 51.9 Å². The fourth-order valence-electron chi connectivity index (χ4n) is 4.18. The van der Waals surface area contributed by atoms with Crippen LogP contribution >= 0.6 is 0 Å². The van der Waals surface area contributed by atoms with Gasteiger partial charge in [0.05, 0.1) is 0 Å². The average molecular weight is 237 g/mol. The third kappa shape index (κ3) is 3.98. The summed E-state index contributed by atoms with van der Waals surface area (Å²) in [6.45, 7) is 2.32. The van der Waals surface area contributed by atoms with Crippen molar-refractivity contribution < 1.29 is 0 Å². The lowest BCUT2D eigenvalue weighted by atomic mass is 9.71. The van der Waals surface area contributed by atoms with Gasteiger partial charge in [0.25, 0.3) is 0 Å². The van der Waals surface area contributed by atoms with Crippen LogP contribution in [0.4, 0.5) is 0 Å². The Balaban J connectivity index is 1.80. The molecule has 17 heavy (non-hydrogen) atoms. The third-order valence-electron chi connectivity index (χ3n) is 5.21. The molecular formula is C16H31N. The molecule has 2 N–H and O–H groups in total. The molecule has 0 saturated heterocycles. The van der Waals surface area contributed by atoms with Crippen LogP contribution in [0.1, 0.15) is 77.6 Å². The van der Waals surface area contributed by atoms with E-state index >= 15 is 0 Å². The van der Waals surface area contributed by atoms with Crippen molar-refractivity contribution in [1.29, 1.82) is 0 Å². The quantitative estimate of drug-likeness (QED) is 0.765. The molecule has 3 unspecified atom stereocenters. The Bertz CT molecular complexity index is 208. The van der Waals surface area contributed by atoms with Gasteiger partial charge in [0.1, 0.15) is 0 Å². The van der Waals surface area contributed by atoms with Crippen LogP contribution < -0.4 is 5.73 Å². The normalized spacial score (nSPS) is 36.0. The molecule has 0 aromatic carbocycles. The fourth-order valence-corrected chi connectivity index (χ4v) is 4.18. The van der Waals surface area contributed by atoms with E-state index in [1.165, 1.54) is 70.6 Å². The topological polar surface area (TPSA) is 26.0 Å². The van der Waals surface area contributed by atoms with E-state index in [2.05, 4.69) is 6.92 Å². The van der Waals surface area contributed by atoms with E-state index in [4.69, 9.17) is 5.73 Å². The van der Waals surface area contributed by atoms with Crippen LogP contribution in [0.2, 0.25) is 0 Å². The summed E-state index contributed by atoms with van der Waals surface area (Å²) in [7, 11) is 0. The highest BCUT2D eigenvalue weighted by Crippen LogP contribution is 2.38. The van der Waals surface area contributed by atoms with Crippen LogP contribution in [0.25, 0.3) is 0 Å². The first-order valence-electron chi connectivity index (χ1n) is 8.05. The molecule has 0 aromatic rings. The van der Waals surface area contributed by atoms with Crippen LogP contribution in [-0.4, -0.2) is 6.04 Å². The van der Waals surface area contributed by atoms with Crippen molar-refractivity contribution in [3.63, 3.8) is 0 Å². The molecule has 2 saturated carbocycles. The zero-order chi connectivity index (χ0) is 12.1. The summed E-state index contributed by atoms with van der Waals surface area (Å²) in [5.74, 6) is 2.86. The molecule has 0 radical (unpaired) electrons. The molecule has 0 amide bonds. The number of hydrogen-bond acceptors (Lipinski definition) is 1. The van der Waals surface area contributed by atoms with Crippen LogP contribution in [0, 0.1) is 17.8 Å². The van der Waals surface area contributed by atoms with Crippen molar-refractivity contribution in [2.24, 2.45) is 23.5 Å². The molecule has 2 fully saturated rings. The smallest absolute Gasteiger partial charge is 0.00674 e. The van der Waals surface area contributed by atoms with Gasteiger partial charge in [0.15, 0.2) is 0 Å². The highest BCUT2D eigenvalue weighted by Gasteiger charge is 2.29. The minimum Gasteiger partial charge on any atom is -0.327 e. The zero-order valence-electron chi connectivity index (χ0n) is 11.7. The highest BCUT2D eigenvalue weighted by atomic mass is 14.7. The first-order valence-corrected chi connectivity index (χ1v) is 8.05. The van der Waals surface area contributed by atoms with Crippen LogP contribution in [-0.2, 0) is 0 Å². The molecule has 2 aliphatic rings. The van der Waals surface area contributed by atoms with Gasteiger partial charge in [0.2, 0.25) is 0 Å². The lowest BCUT2D eigenvalue weighted by Gasteiger charge is -2.37. The summed E-state index contributed by atoms with van der Waals surface area (Å²) in [6.07, 6.45) is 15.8. The molecule has 1 heteroatoms. The number of hydrogen-bond donors (Lipinski definition) is 1. The van der Waals surface area contributed by atoms with Gasteiger partial charge >= 0.3 is 0 Å². The summed E-state index contributed by atoms with van der Waals surface area (Å²) in [5.41, 5.74) is 6.35. The number of rotatable bonds is 4. The molecule has 0 aromatic heterocycles. The molecule has 2 rings (SSSR count). The van der Waals surface area contributed by atoms with E-state index in [1.54, 1.807) is 0 Å². The lowest BCUT2D eigenvalue weighted by molar-refractivity contribution is 0.174. The predicted molar refractivity (Wildman–Crippen MR) is 74.9 cm³/mol. The molecular weight excluding hydrogens is 206 g/mol. The lowest BCUT2D eigenvalue weighted by Crippen LogP contribution is -2.37. The maximum Gasteiger partial charge on any atom is 0.00674 e. The first kappa shape index (κ1) is 13.4. The van der Waals surface area contributed by atoms with Crippen molar-refractivity contribution in [2.75, 3.05) is 0 Å². The molecule has 3 atom stereocenters. The van der Waals surface area contributed by atoms with E-state index in [1.807, 2.05) is 0 Å². The summed E-state index contributed by atoms with van der Waals surface area (Å²) >= 11 is 0. The van der Waals surface area contributed by atoms with Crippen LogP contribution in [0.3, 0.4) is 0 Å². The predicted octanol–water partition coefficient (Wildman–Crippen LogP) is 4.50. The van der Waals surface area contributed by atoms with E-state index in [-0.39, 0.29) is 0 Å². The van der Waals surface area contributed by atoms with Gasteiger partial charge in [-0.25, -0.2) is 0 Å². The fraction of sp³-hybridized carbons (Fsp3) is 1.00. The van der Waals surface area contributed by atoms with Gasteiger partial charge in [-0.05, 0) is 43.4 Å². The Morgan fingerprint density at radius 2 is 1.71 bits per heavy atom. The van der Waals surface area contributed by atoms with Crippen molar-refractivity contribution in [3.05, 3.63) is 0 Å². The molecule has 1 nitrogen and oxygen atoms in total. The average Bonchev–Trinajstić information content (AvgIpc) is 2.35. The van der Waals surface area contributed by atoms with Gasteiger partial charge < -0.3 is 5.73 Å². The van der Waals surface area contributed by atoms with Crippen LogP contribution in [0.15, 0.2) is 0 Å². The van der Waals surface area contributed by atoms with Gasteiger partial charge in [-0.3, -0.25) is 0 Å². The summed E-state index contributed by atoms with van der Waals surface area (Å²) in [4.78, 5) is 0. The monoisotopic (exact) mass is 237 g/mol. The first-order chi connectivity index (χ1) is 8.29. The van der Waals surface area contributed by atoms with Crippen molar-refractivity contribution in [3.8, 4) is 0 Å². The maximum absolute atomic E-state index is 6.35.